The summed E-state index contributed by atoms with van der Waals surface area (Å²) in [5.74, 6) is 1.78. The number of esters is 1. The molecule has 0 unspecified atom stereocenters. The van der Waals surface area contributed by atoms with Crippen LogP contribution in [0.4, 0.5) is 0 Å². The molecule has 40 heavy (non-hydrogen) atoms. The van der Waals surface area contributed by atoms with E-state index in [0.717, 1.165) is 12.8 Å². The summed E-state index contributed by atoms with van der Waals surface area (Å²) in [5, 5.41) is 0. The number of allylic oxidation sites excluding steroid dienone is 1. The van der Waals surface area contributed by atoms with Crippen LogP contribution in [-0.2, 0) is 9.53 Å². The number of carbonyl (C=O) groups is 1. The zero-order valence-electron chi connectivity index (χ0n) is 23.6. The number of nitrogens with zero attached hydrogens (tertiary/aromatic N) is 2. The van der Waals surface area contributed by atoms with Gasteiger partial charge in [0.2, 0.25) is 0 Å². The van der Waals surface area contributed by atoms with Crippen LogP contribution in [0.15, 0.2) is 57.5 Å². The quantitative estimate of drug-likeness (QED) is 0.256. The van der Waals surface area contributed by atoms with Crippen molar-refractivity contribution in [1.29, 1.82) is 0 Å². The highest BCUT2D eigenvalue weighted by molar-refractivity contribution is 7.07. The molecule has 2 aromatic carbocycles. The van der Waals surface area contributed by atoms with Crippen molar-refractivity contribution in [2.75, 3.05) is 34.5 Å². The second kappa shape index (κ2) is 12.9. The van der Waals surface area contributed by atoms with Crippen LogP contribution in [0, 0.1) is 0 Å². The minimum atomic E-state index is -0.770. The molecule has 0 amide bonds. The third-order valence-corrected chi connectivity index (χ3v) is 7.49. The van der Waals surface area contributed by atoms with Gasteiger partial charge in [0, 0.05) is 11.6 Å². The number of ether oxygens (including phenoxy) is 5. The van der Waals surface area contributed by atoms with Gasteiger partial charge in [-0.1, -0.05) is 30.7 Å². The van der Waals surface area contributed by atoms with E-state index in [9.17, 15) is 9.59 Å². The second-order valence-corrected chi connectivity index (χ2v) is 10.0. The number of thiazole rings is 1. The molecule has 1 aliphatic heterocycles. The Morgan fingerprint density at radius 2 is 1.80 bits per heavy atom. The summed E-state index contributed by atoms with van der Waals surface area (Å²) in [7, 11) is 4.70. The molecule has 3 aromatic rings. The van der Waals surface area contributed by atoms with Gasteiger partial charge in [0.05, 0.1) is 56.4 Å². The van der Waals surface area contributed by atoms with Gasteiger partial charge in [-0.15, -0.1) is 0 Å². The summed E-state index contributed by atoms with van der Waals surface area (Å²) in [6.07, 6.45) is 3.67. The smallest absolute Gasteiger partial charge is 0.338 e. The first-order valence-electron chi connectivity index (χ1n) is 13.1. The number of fused-ring (bicyclic) bond motifs is 1. The van der Waals surface area contributed by atoms with Crippen molar-refractivity contribution in [2.24, 2.45) is 4.99 Å². The third-order valence-electron chi connectivity index (χ3n) is 6.50. The molecule has 0 aliphatic carbocycles. The molecule has 1 aliphatic rings. The van der Waals surface area contributed by atoms with Crippen LogP contribution in [0.2, 0.25) is 0 Å². The van der Waals surface area contributed by atoms with E-state index in [1.54, 1.807) is 65.5 Å². The van der Waals surface area contributed by atoms with Gasteiger partial charge < -0.3 is 23.7 Å². The van der Waals surface area contributed by atoms with Crippen molar-refractivity contribution in [3.63, 3.8) is 0 Å². The van der Waals surface area contributed by atoms with E-state index in [1.165, 1.54) is 15.9 Å². The summed E-state index contributed by atoms with van der Waals surface area (Å²) < 4.78 is 29.7. The van der Waals surface area contributed by atoms with E-state index in [4.69, 9.17) is 23.7 Å². The maximum Gasteiger partial charge on any atom is 0.338 e. The van der Waals surface area contributed by atoms with E-state index >= 15 is 0 Å². The summed E-state index contributed by atoms with van der Waals surface area (Å²) in [4.78, 5) is 32.3. The Morgan fingerprint density at radius 3 is 2.48 bits per heavy atom. The van der Waals surface area contributed by atoms with Gasteiger partial charge in [-0.25, -0.2) is 9.79 Å². The first-order chi connectivity index (χ1) is 19.4. The van der Waals surface area contributed by atoms with Gasteiger partial charge in [-0.3, -0.25) is 9.36 Å². The normalized spacial score (nSPS) is 14.8. The number of unbranched alkanes of at least 4 members (excludes halogenated alkanes) is 1. The molecule has 1 atom stereocenters. The van der Waals surface area contributed by atoms with Crippen molar-refractivity contribution in [2.45, 2.75) is 39.7 Å². The van der Waals surface area contributed by atoms with Crippen molar-refractivity contribution in [1.82, 2.24) is 4.57 Å². The van der Waals surface area contributed by atoms with Gasteiger partial charge in [0.15, 0.2) is 16.3 Å². The van der Waals surface area contributed by atoms with Gasteiger partial charge in [-0.05, 0) is 56.2 Å². The van der Waals surface area contributed by atoms with Crippen LogP contribution < -0.4 is 33.8 Å². The predicted molar refractivity (Wildman–Crippen MR) is 153 cm³/mol. The highest BCUT2D eigenvalue weighted by Crippen LogP contribution is 2.36. The molecule has 1 aromatic heterocycles. The van der Waals surface area contributed by atoms with E-state index in [1.807, 2.05) is 12.1 Å². The van der Waals surface area contributed by atoms with Crippen molar-refractivity contribution >= 4 is 23.4 Å². The van der Waals surface area contributed by atoms with Gasteiger partial charge in [0.1, 0.15) is 11.5 Å². The van der Waals surface area contributed by atoms with E-state index in [2.05, 4.69) is 11.9 Å². The fourth-order valence-electron chi connectivity index (χ4n) is 4.49. The maximum absolute atomic E-state index is 13.9. The molecule has 4 rings (SSSR count). The fourth-order valence-corrected chi connectivity index (χ4v) is 5.52. The Kier molecular flexibility index (Phi) is 9.31. The van der Waals surface area contributed by atoms with Crippen LogP contribution in [0.1, 0.15) is 50.8 Å². The average Bonchev–Trinajstić information content (AvgIpc) is 3.26. The Hall–Kier alpha value is -4.05. The van der Waals surface area contributed by atoms with Crippen LogP contribution in [0.5, 0.6) is 23.0 Å². The number of carbonyl (C=O) groups excluding carboxylic acids is 1. The van der Waals surface area contributed by atoms with E-state index in [-0.39, 0.29) is 12.2 Å². The van der Waals surface area contributed by atoms with Crippen LogP contribution in [-0.4, -0.2) is 45.1 Å². The molecule has 212 valence electrons. The minimum Gasteiger partial charge on any atom is -0.497 e. The van der Waals surface area contributed by atoms with E-state index in [0.29, 0.717) is 61.3 Å². The highest BCUT2D eigenvalue weighted by Gasteiger charge is 2.34. The zero-order chi connectivity index (χ0) is 28.8. The number of hydrogen-bond acceptors (Lipinski definition) is 9. The van der Waals surface area contributed by atoms with Crippen molar-refractivity contribution < 1.29 is 28.5 Å². The Labute approximate surface area is 236 Å². The number of benzene rings is 2. The second-order valence-electron chi connectivity index (χ2n) is 9.02. The summed E-state index contributed by atoms with van der Waals surface area (Å²) >= 11 is 1.24. The summed E-state index contributed by atoms with van der Waals surface area (Å²) in [6.45, 7) is 6.34. The van der Waals surface area contributed by atoms with Gasteiger partial charge >= 0.3 is 5.97 Å². The summed E-state index contributed by atoms with van der Waals surface area (Å²) in [6, 6.07) is 10.1. The molecule has 0 fully saturated rings. The molecule has 0 spiro atoms. The Bertz CT molecular complexity index is 1600. The average molecular weight is 567 g/mol. The SMILES string of the molecule is CCCCOc1ccc([C@@H]2C(C(=O)OCC)=C(C)N=c3sc(=Cc4ccc(OC)cc4OC)c(=O)n32)cc1OC. The lowest BCUT2D eigenvalue weighted by Gasteiger charge is -2.25. The zero-order valence-corrected chi connectivity index (χ0v) is 24.4. The number of rotatable bonds is 11. The van der Waals surface area contributed by atoms with Crippen LogP contribution in [0.25, 0.3) is 6.08 Å². The third kappa shape index (κ3) is 5.77. The molecule has 0 saturated carbocycles. The lowest BCUT2D eigenvalue weighted by atomic mass is 9.95. The predicted octanol–water partition coefficient (Wildman–Crippen LogP) is 4.00. The van der Waals surface area contributed by atoms with Gasteiger partial charge in [0.25, 0.3) is 5.56 Å². The Balaban J connectivity index is 1.90. The van der Waals surface area contributed by atoms with Gasteiger partial charge in [-0.2, -0.15) is 0 Å². The standard InChI is InChI=1S/C30H34N2O7S/c1-7-9-14-39-22-13-11-20(15-24(22)37-6)27-26(29(34)38-8-2)18(3)31-30-32(27)28(33)25(40-30)16-19-10-12-21(35-4)17-23(19)36-5/h10-13,15-17,27H,7-9,14H2,1-6H3/t27-/m1/s1. The van der Waals surface area contributed by atoms with Crippen molar-refractivity contribution in [3.05, 3.63) is 78.5 Å². The number of aromatic nitrogens is 1. The molecule has 0 bridgehead atoms. The van der Waals surface area contributed by atoms with Crippen LogP contribution >= 0.6 is 11.3 Å². The highest BCUT2D eigenvalue weighted by atomic mass is 32.1. The molecule has 2 heterocycles. The molecule has 0 radical (unpaired) electrons. The van der Waals surface area contributed by atoms with E-state index < -0.39 is 12.0 Å². The maximum atomic E-state index is 13.9. The largest absolute Gasteiger partial charge is 0.497 e. The molecule has 0 saturated heterocycles. The minimum absolute atomic E-state index is 0.192. The van der Waals surface area contributed by atoms with Crippen molar-refractivity contribution in [3.8, 4) is 23.0 Å². The topological polar surface area (TPSA) is 97.6 Å². The summed E-state index contributed by atoms with van der Waals surface area (Å²) in [5.41, 5.74) is 1.88. The monoisotopic (exact) mass is 566 g/mol. The molecular formula is C30H34N2O7S. The molecule has 9 nitrogen and oxygen atoms in total. The Morgan fingerprint density at radius 1 is 1.02 bits per heavy atom. The first-order valence-corrected chi connectivity index (χ1v) is 13.9. The first kappa shape index (κ1) is 28.9. The number of methoxy groups -OCH3 is 3. The molecule has 10 heteroatoms. The fraction of sp³-hybridized carbons (Fsp3) is 0.367. The van der Waals surface area contributed by atoms with Crippen LogP contribution in [0.3, 0.4) is 0 Å². The molecule has 0 N–H and O–H groups in total. The lowest BCUT2D eigenvalue weighted by molar-refractivity contribution is -0.139. The number of hydrogen-bond donors (Lipinski definition) is 0. The lowest BCUT2D eigenvalue weighted by Crippen LogP contribution is -2.40. The molecular weight excluding hydrogens is 532 g/mol.